The van der Waals surface area contributed by atoms with Crippen LogP contribution in [0.1, 0.15) is 51.6 Å². The van der Waals surface area contributed by atoms with Gasteiger partial charge in [0.2, 0.25) is 0 Å². The molecule has 0 aromatic carbocycles. The Morgan fingerprint density at radius 3 is 2.87 bits per heavy atom. The van der Waals surface area contributed by atoms with Crippen molar-refractivity contribution in [2.24, 2.45) is 0 Å². The Morgan fingerprint density at radius 1 is 1.32 bits per heavy atom. The first-order chi connectivity index (χ1) is 14.8. The highest BCUT2D eigenvalue weighted by molar-refractivity contribution is 5.66. The zero-order chi connectivity index (χ0) is 22.0. The number of rotatable bonds is 6. The molecule has 4 heterocycles. The van der Waals surface area contributed by atoms with Gasteiger partial charge in [-0.25, -0.2) is 4.79 Å². The molecule has 31 heavy (non-hydrogen) atoms. The van der Waals surface area contributed by atoms with Crippen molar-refractivity contribution in [1.82, 2.24) is 29.9 Å². The van der Waals surface area contributed by atoms with Crippen molar-refractivity contribution in [2.75, 3.05) is 6.61 Å². The van der Waals surface area contributed by atoms with Crippen molar-refractivity contribution in [3.63, 3.8) is 0 Å². The molecule has 1 atom stereocenters. The van der Waals surface area contributed by atoms with E-state index in [1.807, 2.05) is 20.8 Å². The molecule has 3 aromatic heterocycles. The van der Waals surface area contributed by atoms with E-state index in [0.29, 0.717) is 35.2 Å². The molecule has 0 saturated carbocycles. The summed E-state index contributed by atoms with van der Waals surface area (Å²) < 4.78 is 18.3. The number of carbonyl (C=O) groups is 1. The summed E-state index contributed by atoms with van der Waals surface area (Å²) in [5, 5.41) is 26.4. The van der Waals surface area contributed by atoms with Gasteiger partial charge in [-0.1, -0.05) is 5.16 Å². The fourth-order valence-corrected chi connectivity index (χ4v) is 3.32. The van der Waals surface area contributed by atoms with Crippen molar-refractivity contribution in [1.29, 1.82) is 0 Å². The summed E-state index contributed by atoms with van der Waals surface area (Å²) >= 11 is 0. The van der Waals surface area contributed by atoms with E-state index in [0.717, 1.165) is 19.3 Å². The first kappa shape index (κ1) is 21.2. The van der Waals surface area contributed by atoms with Gasteiger partial charge in [0, 0.05) is 18.2 Å². The SMILES string of the molecule is CC(C)(C)N(Cc1nnc2ccc(-c3cc(COC4CCCCO4)no3)nn12)C(=O)O. The van der Waals surface area contributed by atoms with Crippen LogP contribution in [-0.2, 0) is 22.6 Å². The van der Waals surface area contributed by atoms with Crippen LogP contribution in [0.3, 0.4) is 0 Å². The van der Waals surface area contributed by atoms with Gasteiger partial charge in [-0.2, -0.15) is 9.61 Å². The monoisotopic (exact) mass is 430 g/mol. The summed E-state index contributed by atoms with van der Waals surface area (Å²) in [6.45, 7) is 6.51. The molecule has 1 N–H and O–H groups in total. The van der Waals surface area contributed by atoms with Gasteiger partial charge in [-0.15, -0.1) is 10.2 Å². The summed E-state index contributed by atoms with van der Waals surface area (Å²) in [6.07, 6.45) is 1.79. The molecule has 1 fully saturated rings. The number of carboxylic acid groups (broad SMARTS) is 1. The van der Waals surface area contributed by atoms with Gasteiger partial charge in [0.1, 0.15) is 11.4 Å². The Balaban J connectivity index is 1.52. The van der Waals surface area contributed by atoms with Crippen LogP contribution in [0.5, 0.6) is 0 Å². The minimum atomic E-state index is -1.04. The molecular weight excluding hydrogens is 404 g/mol. The predicted octanol–water partition coefficient (Wildman–Crippen LogP) is 3.10. The van der Waals surface area contributed by atoms with E-state index in [-0.39, 0.29) is 19.4 Å². The molecular formula is C20H26N6O5. The fourth-order valence-electron chi connectivity index (χ4n) is 3.32. The maximum Gasteiger partial charge on any atom is 0.408 e. The third kappa shape index (κ3) is 4.83. The molecule has 0 radical (unpaired) electrons. The van der Waals surface area contributed by atoms with Gasteiger partial charge in [0.05, 0.1) is 13.2 Å². The van der Waals surface area contributed by atoms with E-state index in [9.17, 15) is 9.90 Å². The quantitative estimate of drug-likeness (QED) is 0.627. The number of hydrogen-bond acceptors (Lipinski definition) is 8. The maximum atomic E-state index is 11.7. The fraction of sp³-hybridized carbons (Fsp3) is 0.550. The predicted molar refractivity (Wildman–Crippen MR) is 108 cm³/mol. The standard InChI is InChI=1S/C20H26N6O5/c1-20(2,3)25(19(27)28)11-17-22-21-16-8-7-14(23-26(16)17)15-10-13(24-31-15)12-30-18-6-4-5-9-29-18/h7-8,10,18H,4-6,9,11-12H2,1-3H3,(H,27,28). The average molecular weight is 430 g/mol. The van der Waals surface area contributed by atoms with Crippen LogP contribution in [0.4, 0.5) is 4.79 Å². The summed E-state index contributed by atoms with van der Waals surface area (Å²) in [5.74, 6) is 0.877. The van der Waals surface area contributed by atoms with Crippen LogP contribution in [-0.4, -0.2) is 59.5 Å². The first-order valence-electron chi connectivity index (χ1n) is 10.2. The van der Waals surface area contributed by atoms with Crippen LogP contribution in [0.15, 0.2) is 22.7 Å². The summed E-state index contributed by atoms with van der Waals surface area (Å²) in [7, 11) is 0. The van der Waals surface area contributed by atoms with Gasteiger partial charge in [0.25, 0.3) is 0 Å². The lowest BCUT2D eigenvalue weighted by atomic mass is 10.1. The molecule has 1 unspecified atom stereocenters. The minimum absolute atomic E-state index is 0.0489. The molecule has 1 aliphatic rings. The second-order valence-electron chi connectivity index (χ2n) is 8.43. The molecule has 4 rings (SSSR count). The first-order valence-corrected chi connectivity index (χ1v) is 10.2. The number of amides is 1. The van der Waals surface area contributed by atoms with E-state index in [2.05, 4.69) is 20.5 Å². The van der Waals surface area contributed by atoms with E-state index in [4.69, 9.17) is 14.0 Å². The molecule has 3 aromatic rings. The van der Waals surface area contributed by atoms with Crippen molar-refractivity contribution in [2.45, 2.75) is 65.0 Å². The molecule has 1 aliphatic heterocycles. The lowest BCUT2D eigenvalue weighted by molar-refractivity contribution is -0.169. The molecule has 1 saturated heterocycles. The van der Waals surface area contributed by atoms with Gasteiger partial charge in [-0.05, 0) is 52.2 Å². The smallest absolute Gasteiger partial charge is 0.408 e. The Morgan fingerprint density at radius 2 is 2.16 bits per heavy atom. The van der Waals surface area contributed by atoms with Crippen LogP contribution in [0.2, 0.25) is 0 Å². The molecule has 0 spiro atoms. The van der Waals surface area contributed by atoms with Gasteiger partial charge in [0.15, 0.2) is 23.5 Å². The molecule has 11 nitrogen and oxygen atoms in total. The van der Waals surface area contributed by atoms with E-state index < -0.39 is 11.6 Å². The Labute approximate surface area is 178 Å². The summed E-state index contributed by atoms with van der Waals surface area (Å²) in [6, 6.07) is 5.26. The lowest BCUT2D eigenvalue weighted by Gasteiger charge is -2.32. The van der Waals surface area contributed by atoms with Crippen molar-refractivity contribution >= 4 is 11.7 Å². The van der Waals surface area contributed by atoms with E-state index >= 15 is 0 Å². The Bertz CT molecular complexity index is 1050. The van der Waals surface area contributed by atoms with Gasteiger partial charge in [-0.3, -0.25) is 4.90 Å². The zero-order valence-electron chi connectivity index (χ0n) is 17.8. The maximum absolute atomic E-state index is 11.7. The topological polar surface area (TPSA) is 128 Å². The van der Waals surface area contributed by atoms with Gasteiger partial charge >= 0.3 is 6.09 Å². The second-order valence-corrected chi connectivity index (χ2v) is 8.43. The minimum Gasteiger partial charge on any atom is -0.465 e. The summed E-state index contributed by atoms with van der Waals surface area (Å²) in [5.41, 5.74) is 1.08. The number of nitrogens with zero attached hydrogens (tertiary/aromatic N) is 6. The van der Waals surface area contributed by atoms with Crippen LogP contribution in [0.25, 0.3) is 17.1 Å². The Kier molecular flexibility index (Phi) is 5.88. The summed E-state index contributed by atoms with van der Waals surface area (Å²) in [4.78, 5) is 13.0. The van der Waals surface area contributed by atoms with E-state index in [1.54, 1.807) is 18.2 Å². The van der Waals surface area contributed by atoms with E-state index in [1.165, 1.54) is 9.42 Å². The number of aromatic nitrogens is 5. The largest absolute Gasteiger partial charge is 0.465 e. The van der Waals surface area contributed by atoms with Crippen molar-refractivity contribution in [3.05, 3.63) is 29.7 Å². The number of fused-ring (bicyclic) bond motifs is 1. The Hall–Kier alpha value is -3.05. The molecule has 11 heteroatoms. The third-order valence-corrected chi connectivity index (χ3v) is 5.03. The third-order valence-electron chi connectivity index (χ3n) is 5.03. The van der Waals surface area contributed by atoms with Crippen LogP contribution < -0.4 is 0 Å². The average Bonchev–Trinajstić information content (AvgIpc) is 3.37. The number of ether oxygens (including phenoxy) is 2. The number of hydrogen-bond donors (Lipinski definition) is 1. The zero-order valence-corrected chi connectivity index (χ0v) is 17.8. The second kappa shape index (κ2) is 8.60. The highest BCUT2D eigenvalue weighted by atomic mass is 16.7. The van der Waals surface area contributed by atoms with Crippen LogP contribution >= 0.6 is 0 Å². The highest BCUT2D eigenvalue weighted by Gasteiger charge is 2.28. The lowest BCUT2D eigenvalue weighted by Crippen LogP contribution is -2.44. The molecule has 166 valence electrons. The molecule has 1 amide bonds. The molecule has 0 bridgehead atoms. The molecule has 0 aliphatic carbocycles. The van der Waals surface area contributed by atoms with Crippen molar-refractivity contribution in [3.8, 4) is 11.5 Å². The van der Waals surface area contributed by atoms with Gasteiger partial charge < -0.3 is 19.1 Å². The van der Waals surface area contributed by atoms with Crippen LogP contribution in [0, 0.1) is 0 Å². The highest BCUT2D eigenvalue weighted by Crippen LogP contribution is 2.22. The normalized spacial score (nSPS) is 17.2. The van der Waals surface area contributed by atoms with Crippen molar-refractivity contribution < 1.29 is 23.9 Å².